The van der Waals surface area contributed by atoms with Crippen LogP contribution in [-0.4, -0.2) is 35.7 Å². The maximum Gasteiger partial charge on any atom is 0.508 e. The zero-order chi connectivity index (χ0) is 11.4. The topological polar surface area (TPSA) is 93.1 Å². The van der Waals surface area contributed by atoms with Gasteiger partial charge in [-0.3, -0.25) is 0 Å². The third kappa shape index (κ3) is 22.5. The minimum atomic E-state index is -1.83. The first-order valence-electron chi connectivity index (χ1n) is 3.47. The van der Waals surface area contributed by atoms with Crippen LogP contribution in [-0.2, 0) is 9.47 Å². The van der Waals surface area contributed by atoms with Gasteiger partial charge in [0.25, 0.3) is 0 Å². The summed E-state index contributed by atoms with van der Waals surface area (Å²) in [7, 11) is 0. The van der Waals surface area contributed by atoms with Crippen LogP contribution in [0.2, 0.25) is 0 Å². The standard InChI is InChI=1S/C7H10O3.CH2O3/c1-3-5-9-7(8)10-6-4-2;2-1(3)4/h3-4H,1-2,5-6H2;(H2,2,3,4). The molecule has 0 aromatic carbocycles. The molecule has 0 aliphatic carbocycles. The van der Waals surface area contributed by atoms with Crippen molar-refractivity contribution in [3.63, 3.8) is 0 Å². The van der Waals surface area contributed by atoms with E-state index in [1.807, 2.05) is 0 Å². The Balaban J connectivity index is 0. The number of carbonyl (C=O) groups excluding carboxylic acids is 1. The summed E-state index contributed by atoms with van der Waals surface area (Å²) in [6.45, 7) is 7.07. The summed E-state index contributed by atoms with van der Waals surface area (Å²) in [4.78, 5) is 19.0. The van der Waals surface area contributed by atoms with E-state index in [4.69, 9.17) is 15.0 Å². The average Bonchev–Trinajstić information content (AvgIpc) is 2.10. The van der Waals surface area contributed by atoms with E-state index in [0.717, 1.165) is 0 Å². The van der Waals surface area contributed by atoms with Crippen LogP contribution in [0.15, 0.2) is 25.3 Å². The molecule has 0 bridgehead atoms. The fourth-order valence-electron chi connectivity index (χ4n) is 0.296. The molecular formula is C8H12O6. The van der Waals surface area contributed by atoms with Crippen LogP contribution < -0.4 is 0 Å². The molecule has 0 aliphatic heterocycles. The van der Waals surface area contributed by atoms with Crippen LogP contribution >= 0.6 is 0 Å². The molecule has 0 fully saturated rings. The van der Waals surface area contributed by atoms with Crippen molar-refractivity contribution in [2.45, 2.75) is 0 Å². The third-order valence-electron chi connectivity index (χ3n) is 0.638. The Bertz CT molecular complexity index is 180. The second-order valence-corrected chi connectivity index (χ2v) is 1.73. The molecule has 0 saturated heterocycles. The van der Waals surface area contributed by atoms with E-state index in [1.165, 1.54) is 12.2 Å². The number of carboxylic acid groups (broad SMARTS) is 2. The second-order valence-electron chi connectivity index (χ2n) is 1.73. The average molecular weight is 204 g/mol. The molecule has 0 aromatic rings. The van der Waals surface area contributed by atoms with E-state index >= 15 is 0 Å². The molecule has 0 aliphatic rings. The van der Waals surface area contributed by atoms with Gasteiger partial charge in [-0.1, -0.05) is 25.3 Å². The third-order valence-corrected chi connectivity index (χ3v) is 0.638. The molecule has 80 valence electrons. The molecule has 0 unspecified atom stereocenters. The highest BCUT2D eigenvalue weighted by atomic mass is 16.7. The van der Waals surface area contributed by atoms with Crippen molar-refractivity contribution in [3.8, 4) is 0 Å². The monoisotopic (exact) mass is 204 g/mol. The highest BCUT2D eigenvalue weighted by Crippen LogP contribution is 1.84. The molecule has 0 amide bonds. The van der Waals surface area contributed by atoms with Crippen molar-refractivity contribution >= 4 is 12.3 Å². The summed E-state index contributed by atoms with van der Waals surface area (Å²) in [5, 5.41) is 13.9. The maximum absolute atomic E-state index is 10.4. The van der Waals surface area contributed by atoms with E-state index < -0.39 is 12.3 Å². The summed E-state index contributed by atoms with van der Waals surface area (Å²) >= 11 is 0. The fraction of sp³-hybridized carbons (Fsp3) is 0.250. The summed E-state index contributed by atoms with van der Waals surface area (Å²) in [6.07, 6.45) is 0.407. The van der Waals surface area contributed by atoms with Crippen molar-refractivity contribution in [1.29, 1.82) is 0 Å². The van der Waals surface area contributed by atoms with Gasteiger partial charge in [0.05, 0.1) is 0 Å². The van der Waals surface area contributed by atoms with Crippen LogP contribution in [0.1, 0.15) is 0 Å². The lowest BCUT2D eigenvalue weighted by Crippen LogP contribution is -2.06. The summed E-state index contributed by atoms with van der Waals surface area (Å²) < 4.78 is 8.93. The lowest BCUT2D eigenvalue weighted by Gasteiger charge is -1.99. The van der Waals surface area contributed by atoms with Gasteiger partial charge in [-0.25, -0.2) is 9.59 Å². The van der Waals surface area contributed by atoms with E-state index in [-0.39, 0.29) is 13.2 Å². The van der Waals surface area contributed by atoms with Gasteiger partial charge >= 0.3 is 12.3 Å². The van der Waals surface area contributed by atoms with Crippen molar-refractivity contribution in [2.75, 3.05) is 13.2 Å². The van der Waals surface area contributed by atoms with E-state index in [0.29, 0.717) is 0 Å². The minimum absolute atomic E-state index is 0.177. The molecule has 0 aromatic heterocycles. The van der Waals surface area contributed by atoms with Crippen molar-refractivity contribution < 1.29 is 29.3 Å². The van der Waals surface area contributed by atoms with E-state index in [9.17, 15) is 4.79 Å². The first-order valence-corrected chi connectivity index (χ1v) is 3.47. The molecule has 0 radical (unpaired) electrons. The zero-order valence-electron chi connectivity index (χ0n) is 7.51. The summed E-state index contributed by atoms with van der Waals surface area (Å²) in [6, 6.07) is 0. The predicted molar refractivity (Wildman–Crippen MR) is 48.3 cm³/mol. The van der Waals surface area contributed by atoms with Crippen LogP contribution in [0.25, 0.3) is 0 Å². The zero-order valence-corrected chi connectivity index (χ0v) is 7.51. The quantitative estimate of drug-likeness (QED) is 0.535. The number of carbonyl (C=O) groups is 2. The molecule has 6 heteroatoms. The van der Waals surface area contributed by atoms with Gasteiger partial charge < -0.3 is 19.7 Å². The Morgan fingerprint density at radius 3 is 1.57 bits per heavy atom. The van der Waals surface area contributed by atoms with Crippen LogP contribution in [0, 0.1) is 0 Å². The van der Waals surface area contributed by atoms with Crippen LogP contribution in [0.5, 0.6) is 0 Å². The summed E-state index contributed by atoms with van der Waals surface area (Å²) in [5.74, 6) is 0. The number of rotatable bonds is 4. The predicted octanol–water partition coefficient (Wildman–Crippen LogP) is 1.73. The van der Waals surface area contributed by atoms with Gasteiger partial charge in [-0.15, -0.1) is 0 Å². The smallest absolute Gasteiger partial charge is 0.450 e. The summed E-state index contributed by atoms with van der Waals surface area (Å²) in [5.41, 5.74) is 0. The van der Waals surface area contributed by atoms with Gasteiger partial charge in [-0.2, -0.15) is 0 Å². The first-order chi connectivity index (χ1) is 6.54. The Kier molecular flexibility index (Phi) is 11.4. The van der Waals surface area contributed by atoms with Gasteiger partial charge in [0.15, 0.2) is 0 Å². The van der Waals surface area contributed by atoms with E-state index in [1.54, 1.807) is 0 Å². The Morgan fingerprint density at radius 1 is 1.07 bits per heavy atom. The molecule has 2 N–H and O–H groups in total. The lowest BCUT2D eigenvalue weighted by atomic mass is 10.7. The van der Waals surface area contributed by atoms with E-state index in [2.05, 4.69) is 22.6 Å². The van der Waals surface area contributed by atoms with Crippen molar-refractivity contribution in [1.82, 2.24) is 0 Å². The molecular weight excluding hydrogens is 192 g/mol. The normalized spacial score (nSPS) is 7.43. The number of hydrogen-bond acceptors (Lipinski definition) is 4. The molecule has 14 heavy (non-hydrogen) atoms. The van der Waals surface area contributed by atoms with Gasteiger partial charge in [0.2, 0.25) is 0 Å². The van der Waals surface area contributed by atoms with Crippen molar-refractivity contribution in [3.05, 3.63) is 25.3 Å². The highest BCUT2D eigenvalue weighted by Gasteiger charge is 1.97. The lowest BCUT2D eigenvalue weighted by molar-refractivity contribution is 0.0718. The molecule has 0 saturated carbocycles. The number of hydrogen-bond donors (Lipinski definition) is 2. The molecule has 6 nitrogen and oxygen atoms in total. The molecule has 0 heterocycles. The molecule has 0 rings (SSSR count). The van der Waals surface area contributed by atoms with Crippen molar-refractivity contribution in [2.24, 2.45) is 0 Å². The largest absolute Gasteiger partial charge is 0.508 e. The van der Waals surface area contributed by atoms with Gasteiger partial charge in [-0.05, 0) is 0 Å². The molecule has 0 spiro atoms. The van der Waals surface area contributed by atoms with Gasteiger partial charge in [0.1, 0.15) is 13.2 Å². The Morgan fingerprint density at radius 2 is 1.36 bits per heavy atom. The fourth-order valence-corrected chi connectivity index (χ4v) is 0.296. The minimum Gasteiger partial charge on any atom is -0.450 e. The number of ether oxygens (including phenoxy) is 2. The molecule has 0 atom stereocenters. The Labute approximate surface area is 81.1 Å². The SMILES string of the molecule is C=CCOC(=O)OCC=C.O=C(O)O. The van der Waals surface area contributed by atoms with Crippen LogP contribution in [0.3, 0.4) is 0 Å². The second kappa shape index (κ2) is 11.0. The maximum atomic E-state index is 10.4. The highest BCUT2D eigenvalue weighted by molar-refractivity contribution is 5.60. The Hall–Kier alpha value is -1.98. The van der Waals surface area contributed by atoms with Crippen LogP contribution in [0.4, 0.5) is 9.59 Å². The van der Waals surface area contributed by atoms with Gasteiger partial charge in [0, 0.05) is 0 Å². The first kappa shape index (κ1) is 14.5.